The summed E-state index contributed by atoms with van der Waals surface area (Å²) >= 11 is 1.16. The number of halogens is 3. The van der Waals surface area contributed by atoms with Crippen LogP contribution in [0.3, 0.4) is 0 Å². The van der Waals surface area contributed by atoms with E-state index in [0.717, 1.165) is 43.8 Å². The third-order valence-electron chi connectivity index (χ3n) is 3.64. The molecule has 114 valence electrons. The highest BCUT2D eigenvalue weighted by Crippen LogP contribution is 2.35. The second-order valence-corrected chi connectivity index (χ2v) is 6.57. The highest BCUT2D eigenvalue weighted by atomic mass is 32.1. The first-order valence-corrected chi connectivity index (χ1v) is 7.62. The predicted molar refractivity (Wildman–Crippen MR) is 73.8 cm³/mol. The van der Waals surface area contributed by atoms with Gasteiger partial charge in [0.15, 0.2) is 5.69 Å². The number of aryl methyl sites for hydroxylation is 1. The number of piperidine rings is 1. The minimum absolute atomic E-state index is 0.349. The van der Waals surface area contributed by atoms with Crippen molar-refractivity contribution in [3.8, 4) is 0 Å². The van der Waals surface area contributed by atoms with Gasteiger partial charge in [-0.2, -0.15) is 13.2 Å². The number of nitrogens with one attached hydrogen (secondary N) is 1. The summed E-state index contributed by atoms with van der Waals surface area (Å²) in [5.41, 5.74) is -0.697. The molecule has 1 N–H and O–H groups in total. The smallest absolute Gasteiger partial charge is 0.319 e. The monoisotopic (exact) mass is 307 g/mol. The van der Waals surface area contributed by atoms with Crippen molar-refractivity contribution in [1.82, 2.24) is 15.2 Å². The van der Waals surface area contributed by atoms with E-state index in [0.29, 0.717) is 22.3 Å². The van der Waals surface area contributed by atoms with Crippen molar-refractivity contribution in [2.45, 2.75) is 32.5 Å². The SMILES string of the molecule is CNCC1CCN(Cc2sc(C)nc2C(F)(F)F)CC1. The Morgan fingerprint density at radius 1 is 1.35 bits per heavy atom. The minimum atomic E-state index is -4.34. The van der Waals surface area contributed by atoms with Gasteiger partial charge in [0.25, 0.3) is 0 Å². The van der Waals surface area contributed by atoms with Crippen molar-refractivity contribution < 1.29 is 13.2 Å². The molecule has 0 aliphatic carbocycles. The third kappa shape index (κ3) is 3.93. The van der Waals surface area contributed by atoms with Gasteiger partial charge in [0.1, 0.15) is 0 Å². The van der Waals surface area contributed by atoms with Crippen LogP contribution in [0.4, 0.5) is 13.2 Å². The van der Waals surface area contributed by atoms with Crippen LogP contribution in [-0.4, -0.2) is 36.6 Å². The zero-order valence-electron chi connectivity index (χ0n) is 11.8. The molecule has 0 amide bonds. The summed E-state index contributed by atoms with van der Waals surface area (Å²) in [6.45, 7) is 4.71. The number of thiazole rings is 1. The molecular formula is C13H20F3N3S. The van der Waals surface area contributed by atoms with Crippen LogP contribution in [0.2, 0.25) is 0 Å². The number of aromatic nitrogens is 1. The van der Waals surface area contributed by atoms with Crippen molar-refractivity contribution in [3.05, 3.63) is 15.6 Å². The molecule has 2 heterocycles. The topological polar surface area (TPSA) is 28.2 Å². The lowest BCUT2D eigenvalue weighted by molar-refractivity contribution is -0.141. The number of alkyl halides is 3. The van der Waals surface area contributed by atoms with Gasteiger partial charge in [-0.05, 0) is 52.4 Å². The van der Waals surface area contributed by atoms with Crippen molar-refractivity contribution in [1.29, 1.82) is 0 Å². The van der Waals surface area contributed by atoms with Gasteiger partial charge in [-0.15, -0.1) is 11.3 Å². The normalized spacial score (nSPS) is 18.6. The van der Waals surface area contributed by atoms with Crippen molar-refractivity contribution in [2.75, 3.05) is 26.7 Å². The molecule has 1 aliphatic rings. The maximum atomic E-state index is 12.9. The predicted octanol–water partition coefficient (Wildman–Crippen LogP) is 2.90. The maximum absolute atomic E-state index is 12.9. The molecule has 0 saturated carbocycles. The zero-order chi connectivity index (χ0) is 14.8. The average molecular weight is 307 g/mol. The number of hydrogen-bond acceptors (Lipinski definition) is 4. The Morgan fingerprint density at radius 3 is 2.55 bits per heavy atom. The van der Waals surface area contributed by atoms with E-state index < -0.39 is 11.9 Å². The van der Waals surface area contributed by atoms with Crippen LogP contribution in [0.5, 0.6) is 0 Å². The Morgan fingerprint density at radius 2 is 2.00 bits per heavy atom. The molecule has 1 saturated heterocycles. The van der Waals surface area contributed by atoms with Crippen molar-refractivity contribution in [3.63, 3.8) is 0 Å². The lowest BCUT2D eigenvalue weighted by Crippen LogP contribution is -2.36. The molecule has 20 heavy (non-hydrogen) atoms. The summed E-state index contributed by atoms with van der Waals surface area (Å²) in [6, 6.07) is 0. The summed E-state index contributed by atoms with van der Waals surface area (Å²) in [5.74, 6) is 0.640. The molecule has 1 aromatic heterocycles. The van der Waals surface area contributed by atoms with Gasteiger partial charge in [0.05, 0.1) is 9.88 Å². The first-order valence-electron chi connectivity index (χ1n) is 6.80. The number of hydrogen-bond donors (Lipinski definition) is 1. The molecule has 2 rings (SSSR count). The lowest BCUT2D eigenvalue weighted by atomic mass is 9.97. The number of nitrogens with zero attached hydrogens (tertiary/aromatic N) is 2. The van der Waals surface area contributed by atoms with Crippen molar-refractivity contribution in [2.24, 2.45) is 5.92 Å². The quantitative estimate of drug-likeness (QED) is 0.927. The maximum Gasteiger partial charge on any atom is 0.434 e. The third-order valence-corrected chi connectivity index (χ3v) is 4.60. The second kappa shape index (κ2) is 6.41. The van der Waals surface area contributed by atoms with Gasteiger partial charge in [-0.25, -0.2) is 4.98 Å². The van der Waals surface area contributed by atoms with E-state index in [1.54, 1.807) is 6.92 Å². The standard InChI is InChI=1S/C13H20F3N3S/c1-9-18-12(13(14,15)16)11(20-9)8-19-5-3-10(4-6-19)7-17-2/h10,17H,3-8H2,1-2H3. The Kier molecular flexibility index (Phi) is 5.04. The minimum Gasteiger partial charge on any atom is -0.319 e. The van der Waals surface area contributed by atoms with Gasteiger partial charge in [0.2, 0.25) is 0 Å². The summed E-state index contributed by atoms with van der Waals surface area (Å²) < 4.78 is 38.7. The number of likely N-dealkylation sites (tertiary alicyclic amines) is 1. The highest BCUT2D eigenvalue weighted by molar-refractivity contribution is 7.11. The van der Waals surface area contributed by atoms with Crippen molar-refractivity contribution >= 4 is 11.3 Å². The van der Waals surface area contributed by atoms with Crippen LogP contribution in [0.15, 0.2) is 0 Å². The molecule has 0 spiro atoms. The van der Waals surface area contributed by atoms with Crippen LogP contribution in [0, 0.1) is 12.8 Å². The fraction of sp³-hybridized carbons (Fsp3) is 0.769. The van der Waals surface area contributed by atoms with E-state index in [4.69, 9.17) is 0 Å². The molecule has 0 bridgehead atoms. The van der Waals surface area contributed by atoms with Gasteiger partial charge in [-0.1, -0.05) is 0 Å². The van der Waals surface area contributed by atoms with Crippen LogP contribution >= 0.6 is 11.3 Å². The fourth-order valence-electron chi connectivity index (χ4n) is 2.64. The first-order chi connectivity index (χ1) is 9.40. The molecule has 1 aliphatic heterocycles. The Labute approximate surface area is 121 Å². The second-order valence-electron chi connectivity index (χ2n) is 5.28. The largest absolute Gasteiger partial charge is 0.434 e. The fourth-order valence-corrected chi connectivity index (χ4v) is 3.64. The van der Waals surface area contributed by atoms with Gasteiger partial charge < -0.3 is 5.32 Å². The Bertz CT molecular complexity index is 437. The molecular weight excluding hydrogens is 287 g/mol. The molecule has 3 nitrogen and oxygen atoms in total. The molecule has 1 fully saturated rings. The zero-order valence-corrected chi connectivity index (χ0v) is 12.6. The molecule has 1 aromatic rings. The van der Waals surface area contributed by atoms with E-state index >= 15 is 0 Å². The van der Waals surface area contributed by atoms with Crippen LogP contribution in [0.25, 0.3) is 0 Å². The lowest BCUT2D eigenvalue weighted by Gasteiger charge is -2.31. The summed E-state index contributed by atoms with van der Waals surface area (Å²) in [4.78, 5) is 6.10. The Balaban J connectivity index is 1.98. The molecule has 0 aromatic carbocycles. The van der Waals surface area contributed by atoms with Gasteiger partial charge in [-0.3, -0.25) is 4.90 Å². The summed E-state index contributed by atoms with van der Waals surface area (Å²) in [6.07, 6.45) is -2.26. The van der Waals surface area contributed by atoms with E-state index in [-0.39, 0.29) is 0 Å². The van der Waals surface area contributed by atoms with Crippen LogP contribution < -0.4 is 5.32 Å². The van der Waals surface area contributed by atoms with E-state index in [2.05, 4.69) is 15.2 Å². The summed E-state index contributed by atoms with van der Waals surface area (Å²) in [5, 5.41) is 3.64. The molecule has 0 radical (unpaired) electrons. The van der Waals surface area contributed by atoms with E-state index in [1.165, 1.54) is 0 Å². The molecule has 7 heteroatoms. The molecule has 0 unspecified atom stereocenters. The Hall–Kier alpha value is -0.660. The van der Waals surface area contributed by atoms with E-state index in [9.17, 15) is 13.2 Å². The van der Waals surface area contributed by atoms with E-state index in [1.807, 2.05) is 7.05 Å². The van der Waals surface area contributed by atoms with Crippen LogP contribution in [-0.2, 0) is 12.7 Å². The van der Waals surface area contributed by atoms with Crippen LogP contribution in [0.1, 0.15) is 28.4 Å². The number of rotatable bonds is 4. The first kappa shape index (κ1) is 15.7. The summed E-state index contributed by atoms with van der Waals surface area (Å²) in [7, 11) is 1.93. The highest BCUT2D eigenvalue weighted by Gasteiger charge is 2.37. The average Bonchev–Trinajstić information content (AvgIpc) is 2.73. The van der Waals surface area contributed by atoms with Gasteiger partial charge in [0, 0.05) is 6.54 Å². The molecule has 0 atom stereocenters. The van der Waals surface area contributed by atoms with Gasteiger partial charge >= 0.3 is 6.18 Å².